The molecule has 0 saturated carbocycles. The van der Waals surface area contributed by atoms with E-state index in [0.717, 1.165) is 11.4 Å². The lowest BCUT2D eigenvalue weighted by molar-refractivity contribution is 0.589. The van der Waals surface area contributed by atoms with E-state index in [0.29, 0.717) is 0 Å². The Balaban J connectivity index is 1.74. The largest absolute Gasteiger partial charge is 0.355 e. The maximum atomic E-state index is 3.70. The monoisotopic (exact) mass is 518 g/mol. The van der Waals surface area contributed by atoms with Crippen LogP contribution < -0.4 is 10.2 Å². The van der Waals surface area contributed by atoms with E-state index in [1.807, 2.05) is 0 Å². The van der Waals surface area contributed by atoms with E-state index in [4.69, 9.17) is 0 Å². The predicted molar refractivity (Wildman–Crippen MR) is 172 cm³/mol. The number of hydrogen-bond acceptors (Lipinski definition) is 2. The van der Waals surface area contributed by atoms with Crippen molar-refractivity contribution in [3.05, 3.63) is 112 Å². The number of benzene rings is 4. The second-order valence-corrected chi connectivity index (χ2v) is 13.3. The molecule has 0 aliphatic heterocycles. The number of nitrogens with zero attached hydrogens (tertiary/aromatic N) is 1. The molecular formula is C37H46N2. The Hall–Kier alpha value is -3.52. The first kappa shape index (κ1) is 28.5. The molecule has 0 bridgehead atoms. The van der Waals surface area contributed by atoms with Crippen molar-refractivity contribution in [3.8, 4) is 0 Å². The minimum absolute atomic E-state index is 0.109. The third-order valence-electron chi connectivity index (χ3n) is 7.67. The summed E-state index contributed by atoms with van der Waals surface area (Å²) in [6.07, 6.45) is 0. The van der Waals surface area contributed by atoms with Gasteiger partial charge in [-0.05, 0) is 115 Å². The normalized spacial score (nSPS) is 12.0. The molecule has 0 aliphatic carbocycles. The summed E-state index contributed by atoms with van der Waals surface area (Å²) < 4.78 is 0. The lowest BCUT2D eigenvalue weighted by Gasteiger charge is -2.31. The summed E-state index contributed by atoms with van der Waals surface area (Å²) in [7, 11) is 0. The van der Waals surface area contributed by atoms with Crippen LogP contribution in [0, 0.1) is 34.6 Å². The van der Waals surface area contributed by atoms with Crippen LogP contribution in [0.25, 0.3) is 0 Å². The molecule has 0 radical (unpaired) electrons. The van der Waals surface area contributed by atoms with Gasteiger partial charge in [0.2, 0.25) is 0 Å². The summed E-state index contributed by atoms with van der Waals surface area (Å²) in [4.78, 5) is 2.40. The number of aryl methyl sites for hydroxylation is 5. The SMILES string of the molecule is Cc1ccc(N(c2ccc(Nc3c(C)cc(C(C)(C)C)cc3C)cc2)c2c(C)cc(C(C)(C)C)cc2C)cc1. The highest BCUT2D eigenvalue weighted by atomic mass is 15.1. The third kappa shape index (κ3) is 6.22. The van der Waals surface area contributed by atoms with E-state index < -0.39 is 0 Å². The second-order valence-electron chi connectivity index (χ2n) is 13.3. The standard InChI is InChI=1S/C37H46N2/c1-24-12-16-32(17-13-24)39(35-27(4)22-30(23-28(35)5)37(9,10)11)33-18-14-31(15-19-33)38-34-25(2)20-29(21-26(34)3)36(6,7)8/h12-23,38H,1-11H3. The topological polar surface area (TPSA) is 15.3 Å². The van der Waals surface area contributed by atoms with E-state index in [1.54, 1.807) is 0 Å². The fourth-order valence-electron chi connectivity index (χ4n) is 5.27. The molecule has 0 aliphatic rings. The molecule has 0 atom stereocenters. The minimum atomic E-state index is 0.109. The molecule has 4 rings (SSSR count). The average Bonchev–Trinajstić information content (AvgIpc) is 2.83. The summed E-state index contributed by atoms with van der Waals surface area (Å²) in [5.41, 5.74) is 15.2. The van der Waals surface area contributed by atoms with Gasteiger partial charge in [-0.15, -0.1) is 0 Å². The minimum Gasteiger partial charge on any atom is -0.355 e. The molecule has 0 amide bonds. The van der Waals surface area contributed by atoms with E-state index >= 15 is 0 Å². The Labute approximate surface area is 237 Å². The van der Waals surface area contributed by atoms with Crippen LogP contribution in [0.15, 0.2) is 72.8 Å². The van der Waals surface area contributed by atoms with Crippen LogP contribution >= 0.6 is 0 Å². The van der Waals surface area contributed by atoms with Crippen molar-refractivity contribution in [3.63, 3.8) is 0 Å². The fourth-order valence-corrected chi connectivity index (χ4v) is 5.27. The second kappa shape index (κ2) is 10.6. The third-order valence-corrected chi connectivity index (χ3v) is 7.67. The zero-order valence-electron chi connectivity index (χ0n) is 25.9. The highest BCUT2D eigenvalue weighted by Gasteiger charge is 2.22. The quantitative estimate of drug-likeness (QED) is 0.283. The Morgan fingerprint density at radius 2 is 0.897 bits per heavy atom. The smallest absolute Gasteiger partial charge is 0.0520 e. The van der Waals surface area contributed by atoms with E-state index in [9.17, 15) is 0 Å². The Morgan fingerprint density at radius 3 is 1.31 bits per heavy atom. The number of nitrogens with one attached hydrogen (secondary N) is 1. The Kier molecular flexibility index (Phi) is 7.72. The molecule has 0 saturated heterocycles. The molecule has 2 nitrogen and oxygen atoms in total. The molecule has 0 fully saturated rings. The van der Waals surface area contributed by atoms with Gasteiger partial charge in [0.25, 0.3) is 0 Å². The van der Waals surface area contributed by atoms with Crippen LogP contribution in [0.5, 0.6) is 0 Å². The van der Waals surface area contributed by atoms with Crippen molar-refractivity contribution in [1.29, 1.82) is 0 Å². The van der Waals surface area contributed by atoms with E-state index in [1.165, 1.54) is 56.0 Å². The van der Waals surface area contributed by atoms with Crippen molar-refractivity contribution in [1.82, 2.24) is 0 Å². The van der Waals surface area contributed by atoms with Gasteiger partial charge in [-0.2, -0.15) is 0 Å². The highest BCUT2D eigenvalue weighted by Crippen LogP contribution is 2.41. The molecule has 4 aromatic rings. The fraction of sp³-hybridized carbons (Fsp3) is 0.351. The van der Waals surface area contributed by atoms with Crippen LogP contribution in [-0.4, -0.2) is 0 Å². The maximum absolute atomic E-state index is 3.70. The molecule has 4 aromatic carbocycles. The first-order valence-electron chi connectivity index (χ1n) is 14.1. The zero-order valence-corrected chi connectivity index (χ0v) is 25.9. The van der Waals surface area contributed by atoms with Crippen LogP contribution in [0.2, 0.25) is 0 Å². The summed E-state index contributed by atoms with van der Waals surface area (Å²) in [5, 5.41) is 3.70. The first-order valence-corrected chi connectivity index (χ1v) is 14.1. The summed E-state index contributed by atoms with van der Waals surface area (Å²) >= 11 is 0. The molecule has 39 heavy (non-hydrogen) atoms. The van der Waals surface area contributed by atoms with E-state index in [-0.39, 0.29) is 10.8 Å². The van der Waals surface area contributed by atoms with Gasteiger partial charge < -0.3 is 10.2 Å². The van der Waals surface area contributed by atoms with Gasteiger partial charge in [0.15, 0.2) is 0 Å². The number of hydrogen-bond donors (Lipinski definition) is 1. The van der Waals surface area contributed by atoms with Gasteiger partial charge in [-0.25, -0.2) is 0 Å². The summed E-state index contributed by atoms with van der Waals surface area (Å²) in [6.45, 7) is 24.7. The summed E-state index contributed by atoms with van der Waals surface area (Å²) in [5.74, 6) is 0. The van der Waals surface area contributed by atoms with Crippen LogP contribution in [0.3, 0.4) is 0 Å². The van der Waals surface area contributed by atoms with Crippen LogP contribution in [0.4, 0.5) is 28.4 Å². The molecule has 0 unspecified atom stereocenters. The van der Waals surface area contributed by atoms with Crippen molar-refractivity contribution >= 4 is 28.4 Å². The van der Waals surface area contributed by atoms with Crippen LogP contribution in [-0.2, 0) is 10.8 Å². The van der Waals surface area contributed by atoms with Gasteiger partial charge in [-0.1, -0.05) is 83.5 Å². The lowest BCUT2D eigenvalue weighted by atomic mass is 9.84. The van der Waals surface area contributed by atoms with Gasteiger partial charge in [0, 0.05) is 22.7 Å². The van der Waals surface area contributed by atoms with Crippen molar-refractivity contribution in [2.24, 2.45) is 0 Å². The van der Waals surface area contributed by atoms with Gasteiger partial charge >= 0.3 is 0 Å². The predicted octanol–water partition coefficient (Wildman–Crippen LogP) is 11.0. The Morgan fingerprint density at radius 1 is 0.513 bits per heavy atom. The molecule has 204 valence electrons. The molecular weight excluding hydrogens is 472 g/mol. The van der Waals surface area contributed by atoms with Crippen molar-refractivity contribution in [2.45, 2.75) is 87.0 Å². The molecule has 1 N–H and O–H groups in total. The molecule has 0 spiro atoms. The first-order chi connectivity index (χ1) is 18.1. The number of rotatable bonds is 5. The van der Waals surface area contributed by atoms with Gasteiger partial charge in [0.1, 0.15) is 0 Å². The molecule has 0 heterocycles. The lowest BCUT2D eigenvalue weighted by Crippen LogP contribution is -2.16. The van der Waals surface area contributed by atoms with Gasteiger partial charge in [-0.3, -0.25) is 0 Å². The van der Waals surface area contributed by atoms with Crippen molar-refractivity contribution < 1.29 is 0 Å². The average molecular weight is 519 g/mol. The maximum Gasteiger partial charge on any atom is 0.0520 e. The zero-order chi connectivity index (χ0) is 28.7. The molecule has 0 aromatic heterocycles. The van der Waals surface area contributed by atoms with Crippen LogP contribution in [0.1, 0.15) is 80.5 Å². The number of anilines is 5. The van der Waals surface area contributed by atoms with Crippen molar-refractivity contribution in [2.75, 3.05) is 10.2 Å². The molecule has 2 heteroatoms. The van der Waals surface area contributed by atoms with E-state index in [2.05, 4.69) is 159 Å². The van der Waals surface area contributed by atoms with Gasteiger partial charge in [0.05, 0.1) is 5.69 Å². The highest BCUT2D eigenvalue weighted by molar-refractivity contribution is 5.82. The Bertz CT molecular complexity index is 1410. The summed E-state index contributed by atoms with van der Waals surface area (Å²) in [6, 6.07) is 27.0.